The van der Waals surface area contributed by atoms with E-state index in [1.165, 1.54) is 0 Å². The summed E-state index contributed by atoms with van der Waals surface area (Å²) < 4.78 is 44.5. The molecule has 0 amide bonds. The van der Waals surface area contributed by atoms with E-state index in [0.29, 0.717) is 0 Å². The molecule has 23 heavy (non-hydrogen) atoms. The van der Waals surface area contributed by atoms with Gasteiger partial charge in [0.25, 0.3) is 0 Å². The molecule has 1 aromatic rings. The molecule has 0 spiro atoms. The average Bonchev–Trinajstić information content (AvgIpc) is 2.44. The molecular weight excluding hydrogens is 329 g/mol. The van der Waals surface area contributed by atoms with Crippen molar-refractivity contribution in [2.75, 3.05) is 7.11 Å². The van der Waals surface area contributed by atoms with Crippen molar-refractivity contribution in [2.45, 2.75) is 31.2 Å². The standard InChI is InChI=1S/C14H18FNO6S/c1-8(2)6-11(13(17)18)16-23(20,21)12-5-4-9(15)7-10(12)14(19)22-3/h4-5,7-8,11,16H,6H2,1-3H3,(H,17,18). The van der Waals surface area contributed by atoms with Crippen molar-refractivity contribution in [2.24, 2.45) is 5.92 Å². The smallest absolute Gasteiger partial charge is 0.339 e. The average molecular weight is 347 g/mol. The van der Waals surface area contributed by atoms with Gasteiger partial charge >= 0.3 is 11.9 Å². The van der Waals surface area contributed by atoms with Crippen molar-refractivity contribution in [1.82, 2.24) is 4.72 Å². The van der Waals surface area contributed by atoms with Crippen LogP contribution in [-0.2, 0) is 19.6 Å². The Labute approximate surface area is 133 Å². The highest BCUT2D eigenvalue weighted by Crippen LogP contribution is 2.19. The minimum atomic E-state index is -4.35. The number of aliphatic carboxylic acids is 1. The molecule has 0 bridgehead atoms. The largest absolute Gasteiger partial charge is 0.480 e. The van der Waals surface area contributed by atoms with Gasteiger partial charge in [-0.2, -0.15) is 4.72 Å². The lowest BCUT2D eigenvalue weighted by Gasteiger charge is -2.17. The second kappa shape index (κ2) is 7.51. The van der Waals surface area contributed by atoms with E-state index in [4.69, 9.17) is 5.11 Å². The summed E-state index contributed by atoms with van der Waals surface area (Å²) in [7, 11) is -3.33. The maximum atomic E-state index is 13.3. The van der Waals surface area contributed by atoms with Crippen LogP contribution in [0.1, 0.15) is 30.6 Å². The molecule has 1 aromatic carbocycles. The van der Waals surface area contributed by atoms with Crippen molar-refractivity contribution in [3.63, 3.8) is 0 Å². The van der Waals surface area contributed by atoms with E-state index < -0.39 is 44.3 Å². The lowest BCUT2D eigenvalue weighted by atomic mass is 10.1. The first-order valence-corrected chi connectivity index (χ1v) is 8.19. The van der Waals surface area contributed by atoms with Gasteiger partial charge in [0.2, 0.25) is 10.0 Å². The van der Waals surface area contributed by atoms with Gasteiger partial charge in [-0.25, -0.2) is 17.6 Å². The second-order valence-corrected chi connectivity index (χ2v) is 6.96. The first-order chi connectivity index (χ1) is 10.6. The molecule has 1 rings (SSSR count). The highest BCUT2D eigenvalue weighted by atomic mass is 32.2. The quantitative estimate of drug-likeness (QED) is 0.721. The number of sulfonamides is 1. The zero-order chi connectivity index (χ0) is 17.8. The predicted molar refractivity (Wildman–Crippen MR) is 78.9 cm³/mol. The van der Waals surface area contributed by atoms with Crippen LogP contribution in [0.15, 0.2) is 23.1 Å². The number of carboxylic acid groups (broad SMARTS) is 1. The van der Waals surface area contributed by atoms with Crippen molar-refractivity contribution < 1.29 is 32.2 Å². The maximum absolute atomic E-state index is 13.3. The summed E-state index contributed by atoms with van der Waals surface area (Å²) in [4.78, 5) is 22.3. The van der Waals surface area contributed by atoms with Crippen LogP contribution in [-0.4, -0.2) is 38.6 Å². The van der Waals surface area contributed by atoms with Gasteiger partial charge in [0, 0.05) is 0 Å². The number of ether oxygens (including phenoxy) is 1. The molecule has 7 nitrogen and oxygen atoms in total. The summed E-state index contributed by atoms with van der Waals surface area (Å²) in [6.07, 6.45) is 0.0588. The molecule has 0 radical (unpaired) electrons. The number of hydrogen-bond acceptors (Lipinski definition) is 5. The number of halogens is 1. The summed E-state index contributed by atoms with van der Waals surface area (Å²) in [5.74, 6) is -3.28. The summed E-state index contributed by atoms with van der Waals surface area (Å²) in [6.45, 7) is 3.48. The Morgan fingerprint density at radius 1 is 1.35 bits per heavy atom. The Kier molecular flexibility index (Phi) is 6.22. The van der Waals surface area contributed by atoms with Gasteiger partial charge in [0.1, 0.15) is 11.9 Å². The number of esters is 1. The van der Waals surface area contributed by atoms with Gasteiger partial charge in [0.15, 0.2) is 0 Å². The molecule has 0 saturated heterocycles. The van der Waals surface area contributed by atoms with Gasteiger partial charge in [0.05, 0.1) is 17.6 Å². The lowest BCUT2D eigenvalue weighted by molar-refractivity contribution is -0.139. The van der Waals surface area contributed by atoms with Crippen molar-refractivity contribution in [3.8, 4) is 0 Å². The molecule has 0 aliphatic rings. The monoisotopic (exact) mass is 347 g/mol. The fraction of sp³-hybridized carbons (Fsp3) is 0.429. The molecule has 1 unspecified atom stereocenters. The van der Waals surface area contributed by atoms with Crippen LogP contribution in [0.4, 0.5) is 4.39 Å². The molecule has 0 aliphatic carbocycles. The van der Waals surface area contributed by atoms with Crippen LogP contribution in [0.25, 0.3) is 0 Å². The fourth-order valence-corrected chi connectivity index (χ4v) is 3.31. The number of benzene rings is 1. The normalized spacial score (nSPS) is 12.9. The Balaban J connectivity index is 3.27. The van der Waals surface area contributed by atoms with E-state index in [1.54, 1.807) is 13.8 Å². The molecule has 0 heterocycles. The molecule has 1 atom stereocenters. The SMILES string of the molecule is COC(=O)c1cc(F)ccc1S(=O)(=O)NC(CC(C)C)C(=O)O. The van der Waals surface area contributed by atoms with E-state index >= 15 is 0 Å². The number of rotatable bonds is 7. The Morgan fingerprint density at radius 2 is 1.96 bits per heavy atom. The van der Waals surface area contributed by atoms with Crippen LogP contribution in [0.3, 0.4) is 0 Å². The van der Waals surface area contributed by atoms with Crippen LogP contribution >= 0.6 is 0 Å². The summed E-state index contributed by atoms with van der Waals surface area (Å²) in [5, 5.41) is 9.12. The number of nitrogens with one attached hydrogen (secondary N) is 1. The molecule has 0 aromatic heterocycles. The van der Waals surface area contributed by atoms with E-state index in [0.717, 1.165) is 25.3 Å². The summed E-state index contributed by atoms with van der Waals surface area (Å²) >= 11 is 0. The third kappa shape index (κ3) is 5.00. The minimum absolute atomic E-state index is 0.0588. The number of carbonyl (C=O) groups is 2. The van der Waals surface area contributed by atoms with E-state index in [2.05, 4.69) is 4.74 Å². The summed E-state index contributed by atoms with van der Waals surface area (Å²) in [6, 6.07) is 1.10. The van der Waals surface area contributed by atoms with Crippen molar-refractivity contribution >= 4 is 22.0 Å². The highest BCUT2D eigenvalue weighted by molar-refractivity contribution is 7.89. The number of hydrogen-bond donors (Lipinski definition) is 2. The van der Waals surface area contributed by atoms with Crippen LogP contribution in [0.5, 0.6) is 0 Å². The molecule has 0 saturated carbocycles. The van der Waals surface area contributed by atoms with Gasteiger partial charge in [-0.3, -0.25) is 4.79 Å². The van der Waals surface area contributed by atoms with Gasteiger partial charge in [-0.1, -0.05) is 13.8 Å². The summed E-state index contributed by atoms with van der Waals surface area (Å²) in [5.41, 5.74) is -0.506. The topological polar surface area (TPSA) is 110 Å². The molecule has 0 aliphatic heterocycles. The fourth-order valence-electron chi connectivity index (χ4n) is 1.93. The van der Waals surface area contributed by atoms with Gasteiger partial charge in [-0.05, 0) is 30.5 Å². The molecule has 9 heteroatoms. The Hall–Kier alpha value is -2.00. The lowest BCUT2D eigenvalue weighted by Crippen LogP contribution is -2.42. The zero-order valence-electron chi connectivity index (χ0n) is 12.9. The third-order valence-electron chi connectivity index (χ3n) is 2.94. The molecule has 2 N–H and O–H groups in total. The zero-order valence-corrected chi connectivity index (χ0v) is 13.7. The van der Waals surface area contributed by atoms with E-state index in [-0.39, 0.29) is 12.3 Å². The Morgan fingerprint density at radius 3 is 2.43 bits per heavy atom. The van der Waals surface area contributed by atoms with Crippen LogP contribution in [0, 0.1) is 11.7 Å². The van der Waals surface area contributed by atoms with Crippen LogP contribution < -0.4 is 4.72 Å². The molecule has 128 valence electrons. The second-order valence-electron chi connectivity index (χ2n) is 5.27. The van der Waals surface area contributed by atoms with Crippen molar-refractivity contribution in [1.29, 1.82) is 0 Å². The number of carbonyl (C=O) groups excluding carboxylic acids is 1. The number of methoxy groups -OCH3 is 1. The van der Waals surface area contributed by atoms with Gasteiger partial charge < -0.3 is 9.84 Å². The van der Waals surface area contributed by atoms with E-state index in [9.17, 15) is 22.4 Å². The van der Waals surface area contributed by atoms with Crippen molar-refractivity contribution in [3.05, 3.63) is 29.6 Å². The van der Waals surface area contributed by atoms with E-state index in [1.807, 2.05) is 4.72 Å². The number of carboxylic acids is 1. The molecular formula is C14H18FNO6S. The van der Waals surface area contributed by atoms with Gasteiger partial charge in [-0.15, -0.1) is 0 Å². The Bertz CT molecular complexity index is 701. The third-order valence-corrected chi connectivity index (χ3v) is 4.47. The van der Waals surface area contributed by atoms with Crippen LogP contribution in [0.2, 0.25) is 0 Å². The predicted octanol–water partition coefficient (Wildman–Crippen LogP) is 1.39. The minimum Gasteiger partial charge on any atom is -0.480 e. The first-order valence-electron chi connectivity index (χ1n) is 6.71. The maximum Gasteiger partial charge on any atom is 0.339 e. The molecule has 0 fully saturated rings. The first kappa shape index (κ1) is 19.0. The highest BCUT2D eigenvalue weighted by Gasteiger charge is 2.29.